The predicted octanol–water partition coefficient (Wildman–Crippen LogP) is 5.55. The second-order valence-corrected chi connectivity index (χ2v) is 12.8. The van der Waals surface area contributed by atoms with Gasteiger partial charge in [-0.05, 0) is 91.9 Å². The van der Waals surface area contributed by atoms with Gasteiger partial charge in [0.15, 0.2) is 11.5 Å². The fourth-order valence-electron chi connectivity index (χ4n) is 5.98. The van der Waals surface area contributed by atoms with Crippen LogP contribution in [0.2, 0.25) is 0 Å². The molecule has 0 radical (unpaired) electrons. The Hall–Kier alpha value is -5.45. The van der Waals surface area contributed by atoms with Gasteiger partial charge >= 0.3 is 0 Å². The predicted molar refractivity (Wildman–Crippen MR) is 198 cm³/mol. The maximum atomic E-state index is 12.8. The van der Waals surface area contributed by atoms with Crippen LogP contribution >= 0.6 is 0 Å². The molecule has 0 aliphatic carbocycles. The molecule has 2 heterocycles. The van der Waals surface area contributed by atoms with Gasteiger partial charge in [-0.1, -0.05) is 48.5 Å². The van der Waals surface area contributed by atoms with Crippen LogP contribution in [0.4, 0.5) is 0 Å². The van der Waals surface area contributed by atoms with Crippen LogP contribution in [0.15, 0.2) is 97.2 Å². The monoisotopic (exact) mass is 689 g/mol. The quantitative estimate of drug-likeness (QED) is 0.107. The SMILES string of the molecule is COc1ccc(CNC(=O)c2ccc(CNC(=O)Cc3cccc(C[C@@H](C)NC[C@H](O)c4ccc(-n5c(C)ccc5C)nc4)c3)cc2)cc1OC. The average Bonchev–Trinajstić information content (AvgIpc) is 3.49. The zero-order valence-electron chi connectivity index (χ0n) is 29.9. The molecule has 0 fully saturated rings. The van der Waals surface area contributed by atoms with Gasteiger partial charge in [0.2, 0.25) is 5.91 Å². The van der Waals surface area contributed by atoms with E-state index in [1.54, 1.807) is 38.6 Å². The first-order chi connectivity index (χ1) is 24.6. The number of aromatic nitrogens is 2. The minimum absolute atomic E-state index is 0.0834. The minimum atomic E-state index is -0.681. The molecule has 51 heavy (non-hydrogen) atoms. The zero-order valence-corrected chi connectivity index (χ0v) is 29.9. The Bertz CT molecular complexity index is 1900. The van der Waals surface area contributed by atoms with Crippen molar-refractivity contribution in [2.45, 2.75) is 58.8 Å². The van der Waals surface area contributed by atoms with Crippen molar-refractivity contribution in [1.82, 2.24) is 25.5 Å². The third kappa shape index (κ3) is 10.1. The number of methoxy groups -OCH3 is 2. The standard InChI is InChI=1S/C41H47N5O5/c1-27(42-26-36(47)35-16-18-39(43-25-35)46-28(2)9-10-29(46)3)19-31-7-6-8-32(20-31)22-40(48)44-23-30-11-14-34(15-12-30)41(49)45-24-33-13-17-37(50-4)38(21-33)51-5/h6-18,20-21,25,27,36,42,47H,19,22-24,26H2,1-5H3,(H,44,48)(H,45,49)/t27-,36+/m1/s1. The number of pyridine rings is 1. The van der Waals surface area contributed by atoms with E-state index in [9.17, 15) is 14.7 Å². The van der Waals surface area contributed by atoms with Crippen LogP contribution in [0.3, 0.4) is 0 Å². The number of nitrogens with one attached hydrogen (secondary N) is 3. The van der Waals surface area contributed by atoms with Crippen molar-refractivity contribution in [1.29, 1.82) is 0 Å². The topological polar surface area (TPSA) is 127 Å². The number of amides is 2. The molecule has 5 rings (SSSR count). The van der Waals surface area contributed by atoms with Crippen LogP contribution in [0, 0.1) is 13.8 Å². The number of rotatable bonds is 16. The molecule has 0 saturated heterocycles. The van der Waals surface area contributed by atoms with Gasteiger partial charge in [-0.3, -0.25) is 9.59 Å². The van der Waals surface area contributed by atoms with Crippen LogP contribution in [0.1, 0.15) is 62.6 Å². The molecule has 0 aliphatic heterocycles. The van der Waals surface area contributed by atoms with Crippen molar-refractivity contribution in [3.63, 3.8) is 0 Å². The van der Waals surface area contributed by atoms with E-state index in [1.807, 2.05) is 62.4 Å². The van der Waals surface area contributed by atoms with Gasteiger partial charge in [0, 0.05) is 54.4 Å². The lowest BCUT2D eigenvalue weighted by atomic mass is 10.0. The number of nitrogens with zero attached hydrogens (tertiary/aromatic N) is 2. The smallest absolute Gasteiger partial charge is 0.251 e. The maximum Gasteiger partial charge on any atom is 0.251 e. The van der Waals surface area contributed by atoms with Crippen LogP contribution in [0.25, 0.3) is 5.82 Å². The second-order valence-electron chi connectivity index (χ2n) is 12.8. The van der Waals surface area contributed by atoms with Crippen molar-refractivity contribution in [3.05, 3.63) is 142 Å². The van der Waals surface area contributed by atoms with Crippen molar-refractivity contribution in [2.24, 2.45) is 0 Å². The van der Waals surface area contributed by atoms with Crippen LogP contribution < -0.4 is 25.4 Å². The van der Waals surface area contributed by atoms with E-state index in [4.69, 9.17) is 9.47 Å². The number of hydrogen-bond acceptors (Lipinski definition) is 7. The normalized spacial score (nSPS) is 12.2. The average molecular weight is 690 g/mol. The van der Waals surface area contributed by atoms with Gasteiger partial charge in [-0.15, -0.1) is 0 Å². The molecule has 0 bridgehead atoms. The van der Waals surface area contributed by atoms with E-state index in [-0.39, 0.29) is 24.3 Å². The summed E-state index contributed by atoms with van der Waals surface area (Å²) in [5.41, 5.74) is 7.35. The Morgan fingerprint density at radius 1 is 0.784 bits per heavy atom. The van der Waals surface area contributed by atoms with Crippen LogP contribution in [-0.4, -0.2) is 53.3 Å². The summed E-state index contributed by atoms with van der Waals surface area (Å²) in [5.74, 6) is 1.79. The molecular weight excluding hydrogens is 642 g/mol. The summed E-state index contributed by atoms with van der Waals surface area (Å²) in [6, 6.07) is 28.8. The van der Waals surface area contributed by atoms with Gasteiger partial charge in [-0.25, -0.2) is 4.98 Å². The molecule has 0 aliphatic rings. The Balaban J connectivity index is 1.04. The van der Waals surface area contributed by atoms with Crippen molar-refractivity contribution >= 4 is 11.8 Å². The summed E-state index contributed by atoms with van der Waals surface area (Å²) in [4.78, 5) is 30.1. The first-order valence-corrected chi connectivity index (χ1v) is 17.1. The van der Waals surface area contributed by atoms with Gasteiger partial charge in [0.05, 0.1) is 26.7 Å². The summed E-state index contributed by atoms with van der Waals surface area (Å²) in [5, 5.41) is 20.1. The van der Waals surface area contributed by atoms with Crippen molar-refractivity contribution in [2.75, 3.05) is 20.8 Å². The van der Waals surface area contributed by atoms with Crippen molar-refractivity contribution < 1.29 is 24.2 Å². The minimum Gasteiger partial charge on any atom is -0.493 e. The molecule has 266 valence electrons. The molecule has 2 aromatic heterocycles. The number of benzene rings is 3. The third-order valence-corrected chi connectivity index (χ3v) is 8.82. The van der Waals surface area contributed by atoms with E-state index in [0.29, 0.717) is 36.7 Å². The Kier molecular flexibility index (Phi) is 12.6. The number of aliphatic hydroxyl groups excluding tert-OH is 1. The maximum absolute atomic E-state index is 12.8. The summed E-state index contributed by atoms with van der Waals surface area (Å²) in [6.07, 6.45) is 2.06. The molecule has 2 amide bonds. The Morgan fingerprint density at radius 3 is 2.16 bits per heavy atom. The van der Waals surface area contributed by atoms with Crippen molar-refractivity contribution in [3.8, 4) is 17.3 Å². The van der Waals surface area contributed by atoms with Gasteiger partial charge in [-0.2, -0.15) is 0 Å². The summed E-state index contributed by atoms with van der Waals surface area (Å²) in [6.45, 7) is 7.28. The lowest BCUT2D eigenvalue weighted by molar-refractivity contribution is -0.120. The molecule has 0 unspecified atom stereocenters. The van der Waals surface area contributed by atoms with E-state index < -0.39 is 6.10 Å². The lowest BCUT2D eigenvalue weighted by Gasteiger charge is -2.18. The molecule has 10 heteroatoms. The van der Waals surface area contributed by atoms with E-state index in [0.717, 1.165) is 51.4 Å². The summed E-state index contributed by atoms with van der Waals surface area (Å²) in [7, 11) is 3.15. The van der Waals surface area contributed by atoms with Gasteiger partial charge in [0.25, 0.3) is 5.91 Å². The van der Waals surface area contributed by atoms with Gasteiger partial charge < -0.3 is 35.1 Å². The molecule has 0 spiro atoms. The van der Waals surface area contributed by atoms with Gasteiger partial charge in [0.1, 0.15) is 5.82 Å². The van der Waals surface area contributed by atoms with Crippen LogP contribution in [-0.2, 0) is 30.7 Å². The Labute approximate surface area is 299 Å². The van der Waals surface area contributed by atoms with Crippen LogP contribution in [0.5, 0.6) is 11.5 Å². The highest BCUT2D eigenvalue weighted by atomic mass is 16.5. The summed E-state index contributed by atoms with van der Waals surface area (Å²) >= 11 is 0. The number of hydrogen-bond donors (Lipinski definition) is 4. The number of aliphatic hydroxyl groups is 1. The van der Waals surface area contributed by atoms with E-state index in [1.165, 1.54) is 0 Å². The summed E-state index contributed by atoms with van der Waals surface area (Å²) < 4.78 is 12.7. The molecule has 0 saturated carbocycles. The largest absolute Gasteiger partial charge is 0.493 e. The number of carbonyl (C=O) groups excluding carboxylic acids is 2. The molecular formula is C41H47N5O5. The zero-order chi connectivity index (χ0) is 36.3. The number of ether oxygens (including phenoxy) is 2. The molecule has 5 aromatic rings. The first kappa shape index (κ1) is 36.8. The number of carbonyl (C=O) groups is 2. The fraction of sp³-hybridized carbons (Fsp3) is 0.293. The Morgan fingerprint density at radius 2 is 1.47 bits per heavy atom. The highest BCUT2D eigenvalue weighted by Crippen LogP contribution is 2.27. The molecule has 10 nitrogen and oxygen atoms in total. The first-order valence-electron chi connectivity index (χ1n) is 17.1. The fourth-order valence-corrected chi connectivity index (χ4v) is 5.98. The molecule has 4 N–H and O–H groups in total. The van der Waals surface area contributed by atoms with E-state index >= 15 is 0 Å². The highest BCUT2D eigenvalue weighted by Gasteiger charge is 2.14. The molecule has 3 aromatic carbocycles. The third-order valence-electron chi connectivity index (χ3n) is 8.82. The lowest BCUT2D eigenvalue weighted by Crippen LogP contribution is -2.32. The second kappa shape index (κ2) is 17.5. The molecule has 2 atom stereocenters. The van der Waals surface area contributed by atoms with E-state index in [2.05, 4.69) is 56.7 Å². The number of aryl methyl sites for hydroxylation is 2. The highest BCUT2D eigenvalue weighted by molar-refractivity contribution is 5.94.